The molecule has 1 aliphatic heterocycles. The summed E-state index contributed by atoms with van der Waals surface area (Å²) in [6.45, 7) is 2.36. The maximum atomic E-state index is 12.1. The molecule has 0 saturated carbocycles. The first-order valence-electron chi connectivity index (χ1n) is 8.07. The summed E-state index contributed by atoms with van der Waals surface area (Å²) in [5.74, 6) is -0.163. The number of hydrogen-bond acceptors (Lipinski definition) is 5. The Morgan fingerprint density at radius 1 is 1.35 bits per heavy atom. The van der Waals surface area contributed by atoms with E-state index in [-0.39, 0.29) is 18.9 Å². The zero-order valence-electron chi connectivity index (χ0n) is 13.3. The molecule has 1 aromatic rings. The number of ether oxygens (including phenoxy) is 1. The number of aliphatic hydroxyl groups is 3. The van der Waals surface area contributed by atoms with Crippen LogP contribution in [0.3, 0.4) is 0 Å². The van der Waals surface area contributed by atoms with Crippen molar-refractivity contribution in [3.8, 4) is 0 Å². The first kappa shape index (κ1) is 17.9. The van der Waals surface area contributed by atoms with Gasteiger partial charge in [-0.05, 0) is 24.1 Å². The van der Waals surface area contributed by atoms with E-state index in [1.54, 1.807) is 24.3 Å². The summed E-state index contributed by atoms with van der Waals surface area (Å²) in [6, 6.07) is 6.89. The maximum absolute atomic E-state index is 12.1. The van der Waals surface area contributed by atoms with Crippen LogP contribution in [0, 0.1) is 0 Å². The second-order valence-corrected chi connectivity index (χ2v) is 5.88. The third-order valence-corrected chi connectivity index (χ3v) is 4.06. The van der Waals surface area contributed by atoms with Crippen molar-refractivity contribution in [2.75, 3.05) is 13.2 Å². The molecule has 0 aliphatic carbocycles. The minimum atomic E-state index is -0.897. The zero-order chi connectivity index (χ0) is 16.8. The summed E-state index contributed by atoms with van der Waals surface area (Å²) in [5, 5.41) is 32.0. The summed E-state index contributed by atoms with van der Waals surface area (Å²) in [4.78, 5) is 12.1. The smallest absolute Gasteiger partial charge is 0.251 e. The second kappa shape index (κ2) is 8.40. The summed E-state index contributed by atoms with van der Waals surface area (Å²) in [7, 11) is 0. The minimum absolute atomic E-state index is 0.128. The highest BCUT2D eigenvalue weighted by Gasteiger charge is 2.36. The fourth-order valence-corrected chi connectivity index (χ4v) is 2.70. The summed E-state index contributed by atoms with van der Waals surface area (Å²) < 4.78 is 5.60. The van der Waals surface area contributed by atoms with E-state index in [1.165, 1.54) is 0 Å². The van der Waals surface area contributed by atoms with Crippen LogP contribution in [-0.2, 0) is 4.74 Å². The number of benzene rings is 1. The normalized spacial score (nSPS) is 27.7. The Morgan fingerprint density at radius 2 is 2.13 bits per heavy atom. The van der Waals surface area contributed by atoms with Crippen LogP contribution in [0.4, 0.5) is 0 Å². The van der Waals surface area contributed by atoms with Crippen molar-refractivity contribution < 1.29 is 24.9 Å². The van der Waals surface area contributed by atoms with Gasteiger partial charge in [0.25, 0.3) is 5.91 Å². The SMILES string of the molecule is CCCCNC(=O)c1cccc(C2OC(CO)C(O)CC2O)c1. The maximum Gasteiger partial charge on any atom is 0.251 e. The molecule has 0 bridgehead atoms. The zero-order valence-corrected chi connectivity index (χ0v) is 13.3. The van der Waals surface area contributed by atoms with Crippen LogP contribution in [0.25, 0.3) is 0 Å². The summed E-state index contributed by atoms with van der Waals surface area (Å²) >= 11 is 0. The van der Waals surface area contributed by atoms with Gasteiger partial charge in [-0.25, -0.2) is 0 Å². The Balaban J connectivity index is 2.10. The Labute approximate surface area is 136 Å². The van der Waals surface area contributed by atoms with Gasteiger partial charge >= 0.3 is 0 Å². The molecule has 1 saturated heterocycles. The highest BCUT2D eigenvalue weighted by atomic mass is 16.5. The summed E-state index contributed by atoms with van der Waals surface area (Å²) in [5.41, 5.74) is 1.16. The Bertz CT molecular complexity index is 521. The van der Waals surface area contributed by atoms with Crippen molar-refractivity contribution in [1.82, 2.24) is 5.32 Å². The number of hydrogen-bond donors (Lipinski definition) is 4. The van der Waals surface area contributed by atoms with Gasteiger partial charge in [0.05, 0.1) is 18.8 Å². The number of rotatable bonds is 6. The number of aliphatic hydroxyl groups excluding tert-OH is 3. The lowest BCUT2D eigenvalue weighted by molar-refractivity contribution is -0.181. The number of unbranched alkanes of at least 4 members (excludes halogenated alkanes) is 1. The van der Waals surface area contributed by atoms with Crippen molar-refractivity contribution in [3.05, 3.63) is 35.4 Å². The Kier molecular flexibility index (Phi) is 6.53. The lowest BCUT2D eigenvalue weighted by atomic mass is 9.93. The molecule has 1 heterocycles. The molecule has 1 aromatic carbocycles. The third-order valence-electron chi connectivity index (χ3n) is 4.06. The third kappa shape index (κ3) is 4.51. The Morgan fingerprint density at radius 3 is 2.83 bits per heavy atom. The monoisotopic (exact) mass is 323 g/mol. The van der Waals surface area contributed by atoms with Crippen molar-refractivity contribution in [3.63, 3.8) is 0 Å². The van der Waals surface area contributed by atoms with E-state index < -0.39 is 24.4 Å². The van der Waals surface area contributed by atoms with Gasteiger partial charge in [0.1, 0.15) is 12.2 Å². The lowest BCUT2D eigenvalue weighted by Crippen LogP contribution is -2.44. The van der Waals surface area contributed by atoms with E-state index in [1.807, 2.05) is 0 Å². The lowest BCUT2D eigenvalue weighted by Gasteiger charge is -2.36. The van der Waals surface area contributed by atoms with Crippen LogP contribution in [0.15, 0.2) is 24.3 Å². The van der Waals surface area contributed by atoms with Crippen molar-refractivity contribution in [2.45, 2.75) is 50.6 Å². The molecule has 6 heteroatoms. The van der Waals surface area contributed by atoms with Crippen LogP contribution in [0.5, 0.6) is 0 Å². The van der Waals surface area contributed by atoms with Crippen LogP contribution in [0.1, 0.15) is 48.2 Å². The quantitative estimate of drug-likeness (QED) is 0.579. The predicted molar refractivity (Wildman–Crippen MR) is 85.0 cm³/mol. The molecule has 0 radical (unpaired) electrons. The molecular weight excluding hydrogens is 298 g/mol. The van der Waals surface area contributed by atoms with Gasteiger partial charge in [-0.1, -0.05) is 25.5 Å². The van der Waals surface area contributed by atoms with Crippen LogP contribution in [0.2, 0.25) is 0 Å². The van der Waals surface area contributed by atoms with E-state index in [4.69, 9.17) is 4.74 Å². The molecule has 4 atom stereocenters. The summed E-state index contributed by atoms with van der Waals surface area (Å²) in [6.07, 6.45) is -1.12. The predicted octanol–water partition coefficient (Wildman–Crippen LogP) is 0.761. The number of carbonyl (C=O) groups is 1. The second-order valence-electron chi connectivity index (χ2n) is 5.88. The molecule has 6 nitrogen and oxygen atoms in total. The first-order valence-corrected chi connectivity index (χ1v) is 8.07. The van der Waals surface area contributed by atoms with Crippen LogP contribution < -0.4 is 5.32 Å². The first-order chi connectivity index (χ1) is 11.1. The molecule has 2 rings (SSSR count). The molecular formula is C17H25NO5. The topological polar surface area (TPSA) is 99.0 Å². The molecule has 1 aliphatic rings. The number of nitrogens with one attached hydrogen (secondary N) is 1. The molecule has 1 amide bonds. The van der Waals surface area contributed by atoms with Gasteiger partial charge in [-0.15, -0.1) is 0 Å². The van der Waals surface area contributed by atoms with Crippen molar-refractivity contribution in [2.24, 2.45) is 0 Å². The molecule has 4 unspecified atom stereocenters. The average Bonchev–Trinajstić information content (AvgIpc) is 2.55. The van der Waals surface area contributed by atoms with E-state index in [0.29, 0.717) is 17.7 Å². The van der Waals surface area contributed by atoms with Crippen molar-refractivity contribution in [1.29, 1.82) is 0 Å². The number of carbonyl (C=O) groups excluding carboxylic acids is 1. The minimum Gasteiger partial charge on any atom is -0.394 e. The molecule has 0 aromatic heterocycles. The Hall–Kier alpha value is -1.47. The number of amides is 1. The van der Waals surface area contributed by atoms with E-state index in [9.17, 15) is 20.1 Å². The fraction of sp³-hybridized carbons (Fsp3) is 0.588. The fourth-order valence-electron chi connectivity index (χ4n) is 2.70. The molecule has 128 valence electrons. The highest BCUT2D eigenvalue weighted by Crippen LogP contribution is 2.32. The molecule has 1 fully saturated rings. The van der Waals surface area contributed by atoms with E-state index >= 15 is 0 Å². The van der Waals surface area contributed by atoms with Gasteiger partial charge in [0.15, 0.2) is 0 Å². The van der Waals surface area contributed by atoms with E-state index in [0.717, 1.165) is 12.8 Å². The highest BCUT2D eigenvalue weighted by molar-refractivity contribution is 5.94. The standard InChI is InChI=1S/C17H25NO5/c1-2-3-7-18-17(22)12-6-4-5-11(8-12)16-14(21)9-13(20)15(10-19)23-16/h4-6,8,13-16,19-21H,2-3,7,9-10H2,1H3,(H,18,22). The van der Waals surface area contributed by atoms with E-state index in [2.05, 4.69) is 12.2 Å². The van der Waals surface area contributed by atoms with Gasteiger partial charge in [-0.2, -0.15) is 0 Å². The van der Waals surface area contributed by atoms with Gasteiger partial charge < -0.3 is 25.4 Å². The van der Waals surface area contributed by atoms with Crippen LogP contribution in [-0.4, -0.2) is 52.7 Å². The average molecular weight is 323 g/mol. The van der Waals surface area contributed by atoms with Gasteiger partial charge in [0, 0.05) is 18.5 Å². The van der Waals surface area contributed by atoms with Crippen LogP contribution >= 0.6 is 0 Å². The van der Waals surface area contributed by atoms with Gasteiger partial charge in [0.2, 0.25) is 0 Å². The molecule has 4 N–H and O–H groups in total. The molecule has 0 spiro atoms. The largest absolute Gasteiger partial charge is 0.394 e. The van der Waals surface area contributed by atoms with Gasteiger partial charge in [-0.3, -0.25) is 4.79 Å². The van der Waals surface area contributed by atoms with Crippen molar-refractivity contribution >= 4 is 5.91 Å². The molecule has 23 heavy (non-hydrogen) atoms.